The fraction of sp³-hybridized carbons (Fsp3) is 0.667. The van der Waals surface area contributed by atoms with Gasteiger partial charge in [-0.15, -0.1) is 0 Å². The Morgan fingerprint density at radius 2 is 1.56 bits per heavy atom. The Balaban J connectivity index is 1.51. The molecule has 8 heteroatoms. The number of hydrogen-bond acceptors (Lipinski definition) is 6. The van der Waals surface area contributed by atoms with E-state index >= 15 is 0 Å². The summed E-state index contributed by atoms with van der Waals surface area (Å²) >= 11 is 0. The lowest BCUT2D eigenvalue weighted by atomic mass is 9.85. The van der Waals surface area contributed by atoms with Gasteiger partial charge in [-0.05, 0) is 49.1 Å². The van der Waals surface area contributed by atoms with Crippen LogP contribution in [0, 0.1) is 17.2 Å². The van der Waals surface area contributed by atoms with Gasteiger partial charge in [0.2, 0.25) is 0 Å². The van der Waals surface area contributed by atoms with Crippen molar-refractivity contribution >= 4 is 17.6 Å². The van der Waals surface area contributed by atoms with Crippen molar-refractivity contribution in [2.24, 2.45) is 5.92 Å². The van der Waals surface area contributed by atoms with Gasteiger partial charge >= 0.3 is 11.8 Å². The fourth-order valence-corrected chi connectivity index (χ4v) is 4.95. The Bertz CT molecular complexity index is 909. The Morgan fingerprint density at radius 1 is 0.969 bits per heavy atom. The molecule has 1 aromatic rings. The predicted octanol–water partition coefficient (Wildman–Crippen LogP) is 1.54. The van der Waals surface area contributed by atoms with E-state index in [2.05, 4.69) is 24.8 Å². The van der Waals surface area contributed by atoms with E-state index in [1.165, 1.54) is 11.1 Å². The van der Waals surface area contributed by atoms with Crippen LogP contribution < -0.4 is 4.90 Å². The SMILES string of the molecule is CC(C)Cc1nc(N2CCN(C(=O)C(=O)N3CCOCC3)CC2)c(C#N)c2c1CCCC2. The molecule has 172 valence electrons. The molecule has 0 N–H and O–H groups in total. The first-order valence-electron chi connectivity index (χ1n) is 11.8. The smallest absolute Gasteiger partial charge is 0.312 e. The molecule has 4 rings (SSSR count). The Kier molecular flexibility index (Phi) is 6.95. The highest BCUT2D eigenvalue weighted by atomic mass is 16.5. The minimum atomic E-state index is -0.439. The predicted molar refractivity (Wildman–Crippen MR) is 120 cm³/mol. The van der Waals surface area contributed by atoms with Gasteiger partial charge in [0.1, 0.15) is 11.9 Å². The topological polar surface area (TPSA) is 89.8 Å². The number of ether oxygens (including phenoxy) is 1. The molecule has 0 saturated carbocycles. The highest BCUT2D eigenvalue weighted by Crippen LogP contribution is 2.33. The van der Waals surface area contributed by atoms with E-state index in [1.54, 1.807) is 9.80 Å². The molecular formula is C24H33N5O3. The third-order valence-corrected chi connectivity index (χ3v) is 6.64. The van der Waals surface area contributed by atoms with Crippen LogP contribution in [-0.2, 0) is 33.6 Å². The van der Waals surface area contributed by atoms with Crippen LogP contribution >= 0.6 is 0 Å². The molecule has 0 radical (unpaired) electrons. The quantitative estimate of drug-likeness (QED) is 0.664. The Labute approximate surface area is 190 Å². The van der Waals surface area contributed by atoms with E-state index < -0.39 is 11.8 Å². The van der Waals surface area contributed by atoms with Crippen LogP contribution in [0.5, 0.6) is 0 Å². The average molecular weight is 440 g/mol. The van der Waals surface area contributed by atoms with Crippen molar-refractivity contribution in [3.8, 4) is 6.07 Å². The van der Waals surface area contributed by atoms with Crippen molar-refractivity contribution < 1.29 is 14.3 Å². The van der Waals surface area contributed by atoms with E-state index in [0.717, 1.165) is 43.6 Å². The van der Waals surface area contributed by atoms with Crippen molar-refractivity contribution in [3.05, 3.63) is 22.4 Å². The molecule has 2 fully saturated rings. The third kappa shape index (κ3) is 4.58. The number of anilines is 1. The molecule has 32 heavy (non-hydrogen) atoms. The van der Waals surface area contributed by atoms with Gasteiger partial charge in [0.15, 0.2) is 0 Å². The maximum Gasteiger partial charge on any atom is 0.312 e. The van der Waals surface area contributed by atoms with Crippen LogP contribution in [0.25, 0.3) is 0 Å². The zero-order chi connectivity index (χ0) is 22.7. The maximum absolute atomic E-state index is 12.7. The van der Waals surface area contributed by atoms with E-state index in [9.17, 15) is 14.9 Å². The van der Waals surface area contributed by atoms with Crippen LogP contribution in [-0.4, -0.2) is 79.1 Å². The van der Waals surface area contributed by atoms with Crippen molar-refractivity contribution in [2.45, 2.75) is 46.0 Å². The average Bonchev–Trinajstić information content (AvgIpc) is 2.83. The molecule has 8 nitrogen and oxygen atoms in total. The summed E-state index contributed by atoms with van der Waals surface area (Å²) < 4.78 is 5.27. The van der Waals surface area contributed by atoms with Crippen LogP contribution in [0.15, 0.2) is 0 Å². The lowest BCUT2D eigenvalue weighted by Crippen LogP contribution is -2.55. The Hall–Kier alpha value is -2.66. The van der Waals surface area contributed by atoms with E-state index in [1.807, 2.05) is 0 Å². The van der Waals surface area contributed by atoms with Crippen molar-refractivity contribution in [3.63, 3.8) is 0 Å². The second kappa shape index (κ2) is 9.86. The number of nitriles is 1. The zero-order valence-corrected chi connectivity index (χ0v) is 19.2. The zero-order valence-electron chi connectivity index (χ0n) is 19.2. The minimum absolute atomic E-state index is 0.439. The van der Waals surface area contributed by atoms with Crippen LogP contribution in [0.2, 0.25) is 0 Å². The number of pyridine rings is 1. The third-order valence-electron chi connectivity index (χ3n) is 6.64. The number of carbonyl (C=O) groups is 2. The molecule has 0 spiro atoms. The van der Waals surface area contributed by atoms with Gasteiger partial charge in [0, 0.05) is 45.0 Å². The minimum Gasteiger partial charge on any atom is -0.378 e. The van der Waals surface area contributed by atoms with E-state index in [-0.39, 0.29) is 0 Å². The molecule has 0 unspecified atom stereocenters. The fourth-order valence-electron chi connectivity index (χ4n) is 4.95. The van der Waals surface area contributed by atoms with Gasteiger partial charge in [-0.25, -0.2) is 4.98 Å². The summed E-state index contributed by atoms with van der Waals surface area (Å²) in [6.07, 6.45) is 5.12. The number of hydrogen-bond donors (Lipinski definition) is 0. The standard InChI is InChI=1S/C24H33N5O3/c1-17(2)15-21-19-6-4-3-5-18(19)20(16-25)22(26-21)27-7-9-28(10-8-27)23(30)24(31)29-11-13-32-14-12-29/h17H,3-15H2,1-2H3. The second-order valence-corrected chi connectivity index (χ2v) is 9.31. The lowest BCUT2D eigenvalue weighted by Gasteiger charge is -2.37. The van der Waals surface area contributed by atoms with Gasteiger partial charge < -0.3 is 19.4 Å². The van der Waals surface area contributed by atoms with E-state index in [4.69, 9.17) is 9.72 Å². The number of rotatable bonds is 3. The molecule has 2 saturated heterocycles. The molecule has 1 aliphatic carbocycles. The summed E-state index contributed by atoms with van der Waals surface area (Å²) in [5.74, 6) is 0.377. The first-order chi connectivity index (χ1) is 15.5. The highest BCUT2D eigenvalue weighted by Gasteiger charge is 2.32. The number of aromatic nitrogens is 1. The summed E-state index contributed by atoms with van der Waals surface area (Å²) in [4.78, 5) is 35.7. The molecule has 0 atom stereocenters. The van der Waals surface area contributed by atoms with Crippen molar-refractivity contribution in [1.29, 1.82) is 5.26 Å². The van der Waals surface area contributed by atoms with Gasteiger partial charge in [-0.2, -0.15) is 5.26 Å². The van der Waals surface area contributed by atoms with Gasteiger partial charge in [0.05, 0.1) is 18.8 Å². The van der Waals surface area contributed by atoms with Gasteiger partial charge in [-0.1, -0.05) is 13.8 Å². The number of piperazine rings is 1. The van der Waals surface area contributed by atoms with E-state index in [0.29, 0.717) is 64.0 Å². The molecule has 0 aromatic carbocycles. The number of morpholine rings is 1. The van der Waals surface area contributed by atoms with Crippen LogP contribution in [0.4, 0.5) is 5.82 Å². The first-order valence-corrected chi connectivity index (χ1v) is 11.8. The summed E-state index contributed by atoms with van der Waals surface area (Å²) in [6.45, 7) is 8.35. The number of amides is 2. The Morgan fingerprint density at radius 3 is 2.16 bits per heavy atom. The maximum atomic E-state index is 12.7. The lowest BCUT2D eigenvalue weighted by molar-refractivity contribution is -0.154. The molecule has 1 aromatic heterocycles. The number of carbonyl (C=O) groups excluding carboxylic acids is 2. The molecule has 3 aliphatic rings. The summed E-state index contributed by atoms with van der Waals surface area (Å²) in [6, 6.07) is 2.44. The molecule has 0 bridgehead atoms. The number of fused-ring (bicyclic) bond motifs is 1. The summed E-state index contributed by atoms with van der Waals surface area (Å²) in [5, 5.41) is 9.99. The normalized spacial score (nSPS) is 19.0. The van der Waals surface area contributed by atoms with Crippen molar-refractivity contribution in [2.75, 3.05) is 57.4 Å². The van der Waals surface area contributed by atoms with Gasteiger partial charge in [-0.3, -0.25) is 9.59 Å². The molecule has 3 heterocycles. The summed E-state index contributed by atoms with van der Waals surface area (Å²) in [5.41, 5.74) is 4.30. The summed E-state index contributed by atoms with van der Waals surface area (Å²) in [7, 11) is 0. The monoisotopic (exact) mass is 439 g/mol. The largest absolute Gasteiger partial charge is 0.378 e. The molecule has 2 aliphatic heterocycles. The number of nitrogens with zero attached hydrogens (tertiary/aromatic N) is 5. The first kappa shape index (κ1) is 22.5. The van der Waals surface area contributed by atoms with Gasteiger partial charge in [0.25, 0.3) is 0 Å². The highest BCUT2D eigenvalue weighted by molar-refractivity contribution is 6.34. The van der Waals surface area contributed by atoms with Crippen LogP contribution in [0.3, 0.4) is 0 Å². The van der Waals surface area contributed by atoms with Crippen LogP contribution in [0.1, 0.15) is 49.1 Å². The molecular weight excluding hydrogens is 406 g/mol. The second-order valence-electron chi connectivity index (χ2n) is 9.31. The molecule has 2 amide bonds. The van der Waals surface area contributed by atoms with Crippen molar-refractivity contribution in [1.82, 2.24) is 14.8 Å².